The Morgan fingerprint density at radius 1 is 1.30 bits per heavy atom. The van der Waals surface area contributed by atoms with Gasteiger partial charge in [-0.2, -0.15) is 0 Å². The SMILES string of the molecule is C=NC1C[C@H](C)[C@@H](CI(C)I)C2CC[C@@H](C)C[C@]1(C)C2. The van der Waals surface area contributed by atoms with Gasteiger partial charge in [0.15, 0.2) is 0 Å². The molecule has 0 spiro atoms. The van der Waals surface area contributed by atoms with E-state index in [1.807, 2.05) is 0 Å². The molecular formula is C17H31I2N. The maximum atomic E-state index is 4.60. The first kappa shape index (κ1) is 17.5. The van der Waals surface area contributed by atoms with Crippen molar-refractivity contribution in [2.24, 2.45) is 34.1 Å². The summed E-state index contributed by atoms with van der Waals surface area (Å²) in [6.07, 6.45) is 6.97. The number of rotatable bonds is 3. The van der Waals surface area contributed by atoms with Gasteiger partial charge >= 0.3 is 144 Å². The number of hydrogen-bond acceptors (Lipinski definition) is 1. The Labute approximate surface area is 142 Å². The van der Waals surface area contributed by atoms with Gasteiger partial charge in [0.2, 0.25) is 0 Å². The fourth-order valence-corrected chi connectivity index (χ4v) is 10.5. The predicted molar refractivity (Wildman–Crippen MR) is 109 cm³/mol. The van der Waals surface area contributed by atoms with Gasteiger partial charge in [0.1, 0.15) is 0 Å². The quantitative estimate of drug-likeness (QED) is 0.254. The van der Waals surface area contributed by atoms with E-state index in [4.69, 9.17) is 0 Å². The molecule has 0 amide bonds. The van der Waals surface area contributed by atoms with Crippen LogP contribution in [0.3, 0.4) is 0 Å². The second-order valence-corrected chi connectivity index (χ2v) is 20.9. The molecule has 2 aliphatic carbocycles. The summed E-state index contributed by atoms with van der Waals surface area (Å²) in [6, 6.07) is 0.499. The summed E-state index contributed by atoms with van der Waals surface area (Å²) in [4.78, 5) is 7.13. The van der Waals surface area contributed by atoms with Crippen molar-refractivity contribution in [3.63, 3.8) is 0 Å². The Bertz CT molecular complexity index is 344. The molecule has 2 aliphatic rings. The normalized spacial score (nSPS) is 46.2. The molecule has 0 aromatic rings. The van der Waals surface area contributed by atoms with Crippen LogP contribution in [-0.4, -0.2) is 22.1 Å². The van der Waals surface area contributed by atoms with Crippen LogP contribution in [0.5, 0.6) is 0 Å². The first-order chi connectivity index (χ1) is 9.35. The summed E-state index contributed by atoms with van der Waals surface area (Å²) in [5.74, 6) is 3.65. The van der Waals surface area contributed by atoms with E-state index in [0.717, 1.165) is 23.7 Å². The average molecular weight is 503 g/mol. The second-order valence-electron chi connectivity index (χ2n) is 7.75. The van der Waals surface area contributed by atoms with Gasteiger partial charge in [-0.05, 0) is 0 Å². The zero-order chi connectivity index (χ0) is 14.9. The van der Waals surface area contributed by atoms with E-state index in [1.165, 1.54) is 32.1 Å². The molecule has 0 N–H and O–H groups in total. The fraction of sp³-hybridized carbons (Fsp3) is 0.941. The summed E-state index contributed by atoms with van der Waals surface area (Å²) in [5, 5.41) is 0. The van der Waals surface area contributed by atoms with Crippen LogP contribution in [-0.2, 0) is 0 Å². The van der Waals surface area contributed by atoms with Crippen molar-refractivity contribution >= 4 is 41.2 Å². The van der Waals surface area contributed by atoms with E-state index < -0.39 is 15.8 Å². The Morgan fingerprint density at radius 2 is 2.00 bits per heavy atom. The molecule has 2 saturated carbocycles. The Hall–Kier alpha value is 1.13. The van der Waals surface area contributed by atoms with Gasteiger partial charge in [-0.15, -0.1) is 0 Å². The van der Waals surface area contributed by atoms with Crippen LogP contribution in [0.2, 0.25) is 0 Å². The molecule has 2 fully saturated rings. The van der Waals surface area contributed by atoms with Crippen molar-refractivity contribution in [1.29, 1.82) is 0 Å². The van der Waals surface area contributed by atoms with Crippen LogP contribution in [0, 0.1) is 29.1 Å². The van der Waals surface area contributed by atoms with Gasteiger partial charge in [-0.3, -0.25) is 0 Å². The molecular weight excluding hydrogens is 472 g/mol. The van der Waals surface area contributed by atoms with E-state index in [1.54, 1.807) is 4.43 Å². The second kappa shape index (κ2) is 7.14. The minimum atomic E-state index is -0.676. The third-order valence-corrected chi connectivity index (χ3v) is 10.4. The van der Waals surface area contributed by atoms with Crippen molar-refractivity contribution in [3.8, 4) is 0 Å². The molecule has 118 valence electrons. The molecule has 0 aromatic heterocycles. The first-order valence-corrected chi connectivity index (χ1v) is 18.0. The molecule has 0 radical (unpaired) electrons. The molecule has 2 rings (SSSR count). The standard InChI is InChI=1S/C17H31I2N/c1-12-6-7-14-10-17(3,9-12)16(20-5)8-13(2)15(14)11-19(4)18/h12-16H,5-11H2,1-4H3/t12-,13+,14?,15-,16?,17-/m1/s1. The zero-order valence-electron chi connectivity index (χ0n) is 13.5. The molecule has 6 atom stereocenters. The van der Waals surface area contributed by atoms with Crippen molar-refractivity contribution in [3.05, 3.63) is 0 Å². The molecule has 2 bridgehead atoms. The molecule has 0 aliphatic heterocycles. The summed E-state index contributed by atoms with van der Waals surface area (Å²) < 4.78 is 1.55. The van der Waals surface area contributed by atoms with Gasteiger partial charge in [0, 0.05) is 0 Å². The molecule has 0 heterocycles. The third-order valence-electron chi connectivity index (χ3n) is 5.92. The van der Waals surface area contributed by atoms with E-state index >= 15 is 0 Å². The average Bonchev–Trinajstić information content (AvgIpc) is 2.56. The fourth-order valence-electron chi connectivity index (χ4n) is 4.91. The van der Waals surface area contributed by atoms with Gasteiger partial charge in [0.05, 0.1) is 0 Å². The topological polar surface area (TPSA) is 12.4 Å². The van der Waals surface area contributed by atoms with Gasteiger partial charge in [-0.1, -0.05) is 0 Å². The number of aliphatic imine (C=N–C) groups is 1. The van der Waals surface area contributed by atoms with Crippen LogP contribution >= 0.6 is 34.5 Å². The summed E-state index contributed by atoms with van der Waals surface area (Å²) in [5.41, 5.74) is 0.420. The summed E-state index contributed by atoms with van der Waals surface area (Å²) in [7, 11) is 0. The molecule has 2 unspecified atom stereocenters. The molecule has 0 aromatic carbocycles. The summed E-state index contributed by atoms with van der Waals surface area (Å²) in [6.45, 7) is 11.4. The number of nitrogens with zero attached hydrogens (tertiary/aromatic N) is 1. The van der Waals surface area contributed by atoms with Gasteiger partial charge in [0.25, 0.3) is 0 Å². The Balaban J connectivity index is 2.30. The monoisotopic (exact) mass is 503 g/mol. The van der Waals surface area contributed by atoms with Crippen LogP contribution in [0.25, 0.3) is 0 Å². The van der Waals surface area contributed by atoms with E-state index in [9.17, 15) is 0 Å². The third kappa shape index (κ3) is 3.90. The molecule has 0 saturated heterocycles. The van der Waals surface area contributed by atoms with Gasteiger partial charge in [-0.25, -0.2) is 0 Å². The number of fused-ring (bicyclic) bond motifs is 2. The van der Waals surface area contributed by atoms with E-state index in [0.29, 0.717) is 11.5 Å². The number of halogens is 2. The van der Waals surface area contributed by atoms with Gasteiger partial charge < -0.3 is 0 Å². The van der Waals surface area contributed by atoms with E-state index in [-0.39, 0.29) is 0 Å². The minimum absolute atomic E-state index is 0.420. The van der Waals surface area contributed by atoms with Crippen LogP contribution < -0.4 is 0 Å². The van der Waals surface area contributed by atoms with Crippen LogP contribution in [0.4, 0.5) is 0 Å². The van der Waals surface area contributed by atoms with Crippen LogP contribution in [0.1, 0.15) is 52.9 Å². The molecule has 3 heteroatoms. The predicted octanol–water partition coefficient (Wildman–Crippen LogP) is 6.03. The Morgan fingerprint density at radius 3 is 2.60 bits per heavy atom. The van der Waals surface area contributed by atoms with Crippen molar-refractivity contribution in [2.45, 2.75) is 58.9 Å². The zero-order valence-corrected chi connectivity index (χ0v) is 17.9. The molecule has 1 nitrogen and oxygen atoms in total. The van der Waals surface area contributed by atoms with Crippen molar-refractivity contribution < 1.29 is 0 Å². The number of alkyl halides is 2. The Kier molecular flexibility index (Phi) is 6.24. The van der Waals surface area contributed by atoms with Crippen molar-refractivity contribution in [1.82, 2.24) is 0 Å². The molecule has 20 heavy (non-hydrogen) atoms. The summed E-state index contributed by atoms with van der Waals surface area (Å²) >= 11 is 2.09. The number of hydrogen-bond donors (Lipinski definition) is 0. The van der Waals surface area contributed by atoms with Crippen LogP contribution in [0.15, 0.2) is 4.99 Å². The maximum absolute atomic E-state index is 4.60. The van der Waals surface area contributed by atoms with Crippen molar-refractivity contribution in [2.75, 3.05) is 9.36 Å². The first-order valence-electron chi connectivity index (χ1n) is 8.04. The van der Waals surface area contributed by atoms with E-state index in [2.05, 4.69) is 56.0 Å².